The Labute approximate surface area is 203 Å². The highest BCUT2D eigenvalue weighted by Crippen LogP contribution is 2.44. The van der Waals surface area contributed by atoms with Gasteiger partial charge in [-0.3, -0.25) is 9.59 Å². The summed E-state index contributed by atoms with van der Waals surface area (Å²) < 4.78 is 5.52. The van der Waals surface area contributed by atoms with E-state index in [0.717, 1.165) is 27.2 Å². The van der Waals surface area contributed by atoms with Gasteiger partial charge in [-0.1, -0.05) is 54.6 Å². The highest BCUT2D eigenvalue weighted by molar-refractivity contribution is 5.94. The van der Waals surface area contributed by atoms with Gasteiger partial charge in [-0.15, -0.1) is 6.58 Å². The van der Waals surface area contributed by atoms with Crippen LogP contribution >= 0.6 is 0 Å². The van der Waals surface area contributed by atoms with Crippen molar-refractivity contribution >= 4 is 23.9 Å². The number of nitrogens with zero attached hydrogens (tertiary/aromatic N) is 2. The van der Waals surface area contributed by atoms with Gasteiger partial charge in [0.2, 0.25) is 11.8 Å². The number of carboxylic acids is 1. The molecule has 0 spiro atoms. The molecule has 4 rings (SSSR count). The van der Waals surface area contributed by atoms with Crippen molar-refractivity contribution in [3.63, 3.8) is 0 Å². The average Bonchev–Trinajstić information content (AvgIpc) is 3.17. The molecule has 3 amide bonds. The van der Waals surface area contributed by atoms with Gasteiger partial charge in [0.15, 0.2) is 0 Å². The van der Waals surface area contributed by atoms with Crippen molar-refractivity contribution in [2.75, 3.05) is 26.7 Å². The van der Waals surface area contributed by atoms with Gasteiger partial charge in [-0.25, -0.2) is 9.59 Å². The highest BCUT2D eigenvalue weighted by Gasteiger charge is 2.40. The lowest BCUT2D eigenvalue weighted by Gasteiger charge is -2.38. The molecular formula is C26H27N3O6. The monoisotopic (exact) mass is 477 g/mol. The van der Waals surface area contributed by atoms with Crippen LogP contribution in [0.1, 0.15) is 23.5 Å². The smallest absolute Gasteiger partial charge is 0.407 e. The molecule has 0 saturated carbocycles. The average molecular weight is 478 g/mol. The third-order valence-electron chi connectivity index (χ3n) is 6.46. The third-order valence-corrected chi connectivity index (χ3v) is 6.46. The first-order valence-electron chi connectivity index (χ1n) is 11.3. The number of alkyl carbamates (subject to hydrolysis) is 1. The summed E-state index contributed by atoms with van der Waals surface area (Å²) in [6, 6.07) is 13.5. The Kier molecular flexibility index (Phi) is 6.86. The molecule has 1 fully saturated rings. The van der Waals surface area contributed by atoms with E-state index in [9.17, 15) is 24.3 Å². The molecular weight excluding hydrogens is 450 g/mol. The number of hydrogen-bond acceptors (Lipinski definition) is 5. The third kappa shape index (κ3) is 4.75. The summed E-state index contributed by atoms with van der Waals surface area (Å²) in [7, 11) is 1.48. The van der Waals surface area contributed by atoms with Crippen molar-refractivity contribution in [3.8, 4) is 11.1 Å². The van der Waals surface area contributed by atoms with Crippen LogP contribution in [-0.2, 0) is 19.1 Å². The zero-order chi connectivity index (χ0) is 25.1. The fourth-order valence-electron chi connectivity index (χ4n) is 4.65. The van der Waals surface area contributed by atoms with E-state index in [1.165, 1.54) is 18.0 Å². The standard InChI is InChI=1S/C26H27N3O6/c1-3-8-21(24(31)29-14-23(30)28(2)13-22(29)25(32)33)27-26(34)35-15-20-18-11-6-4-9-16(18)17-10-5-7-12-19(17)20/h3-7,9-12,20-22H,1,8,13-15H2,2H3,(H,27,34)(H,32,33). The van der Waals surface area contributed by atoms with E-state index in [1.54, 1.807) is 0 Å². The number of carbonyl (C=O) groups excluding carboxylic acids is 3. The second-order valence-electron chi connectivity index (χ2n) is 8.64. The summed E-state index contributed by atoms with van der Waals surface area (Å²) in [6.07, 6.45) is 0.690. The topological polar surface area (TPSA) is 116 Å². The lowest BCUT2D eigenvalue weighted by Crippen LogP contribution is -2.63. The molecule has 9 nitrogen and oxygen atoms in total. The number of hydrogen-bond donors (Lipinski definition) is 2. The maximum atomic E-state index is 13.2. The number of likely N-dealkylation sites (N-methyl/N-ethyl adjacent to an activating group) is 1. The van der Waals surface area contributed by atoms with Crippen LogP contribution in [0, 0.1) is 0 Å². The lowest BCUT2D eigenvalue weighted by molar-refractivity contribution is -0.159. The molecule has 1 heterocycles. The molecule has 2 atom stereocenters. The fourth-order valence-corrected chi connectivity index (χ4v) is 4.65. The second kappa shape index (κ2) is 10.0. The van der Waals surface area contributed by atoms with E-state index in [0.29, 0.717) is 0 Å². The molecule has 2 aliphatic rings. The van der Waals surface area contributed by atoms with Crippen LogP contribution < -0.4 is 5.32 Å². The molecule has 9 heteroatoms. The summed E-state index contributed by atoms with van der Waals surface area (Å²) in [5.41, 5.74) is 4.30. The van der Waals surface area contributed by atoms with Crippen LogP contribution in [-0.4, -0.2) is 77.6 Å². The molecule has 0 radical (unpaired) electrons. The summed E-state index contributed by atoms with van der Waals surface area (Å²) in [4.78, 5) is 52.0. The molecule has 2 aromatic carbocycles. The van der Waals surface area contributed by atoms with Crippen LogP contribution in [0.2, 0.25) is 0 Å². The Balaban J connectivity index is 1.45. The van der Waals surface area contributed by atoms with Crippen molar-refractivity contribution in [1.82, 2.24) is 15.1 Å². The summed E-state index contributed by atoms with van der Waals surface area (Å²) in [6.45, 7) is 3.17. The van der Waals surface area contributed by atoms with E-state index in [2.05, 4.69) is 11.9 Å². The molecule has 0 bridgehead atoms. The van der Waals surface area contributed by atoms with Crippen molar-refractivity contribution in [2.24, 2.45) is 0 Å². The summed E-state index contributed by atoms with van der Waals surface area (Å²) in [5, 5.41) is 12.1. The van der Waals surface area contributed by atoms with E-state index in [4.69, 9.17) is 4.74 Å². The van der Waals surface area contributed by atoms with E-state index in [1.807, 2.05) is 48.5 Å². The van der Waals surface area contributed by atoms with Crippen molar-refractivity contribution in [3.05, 3.63) is 72.3 Å². The van der Waals surface area contributed by atoms with Gasteiger partial charge in [0.25, 0.3) is 0 Å². The Hall–Kier alpha value is -4.14. The first-order valence-corrected chi connectivity index (χ1v) is 11.3. The van der Waals surface area contributed by atoms with Gasteiger partial charge >= 0.3 is 12.1 Å². The Bertz CT molecular complexity index is 1130. The highest BCUT2D eigenvalue weighted by atomic mass is 16.5. The number of fused-ring (bicyclic) bond motifs is 3. The van der Waals surface area contributed by atoms with Gasteiger partial charge < -0.3 is 25.0 Å². The Morgan fingerprint density at radius 1 is 1.14 bits per heavy atom. The number of aliphatic carboxylic acids is 1. The van der Waals surface area contributed by atoms with Crippen molar-refractivity contribution < 1.29 is 29.0 Å². The van der Waals surface area contributed by atoms with Crippen LogP contribution in [0.15, 0.2) is 61.2 Å². The van der Waals surface area contributed by atoms with Crippen molar-refractivity contribution in [1.29, 1.82) is 0 Å². The predicted octanol–water partition coefficient (Wildman–Crippen LogP) is 2.22. The number of rotatable bonds is 7. The van der Waals surface area contributed by atoms with E-state index in [-0.39, 0.29) is 37.9 Å². The predicted molar refractivity (Wildman–Crippen MR) is 128 cm³/mol. The van der Waals surface area contributed by atoms with Gasteiger partial charge in [0.05, 0.1) is 6.54 Å². The largest absolute Gasteiger partial charge is 0.480 e. The zero-order valence-electron chi connectivity index (χ0n) is 19.3. The molecule has 1 aliphatic carbocycles. The second-order valence-corrected chi connectivity index (χ2v) is 8.64. The van der Waals surface area contributed by atoms with Gasteiger partial charge in [0, 0.05) is 13.0 Å². The van der Waals surface area contributed by atoms with Crippen LogP contribution in [0.5, 0.6) is 0 Å². The van der Waals surface area contributed by atoms with Crippen LogP contribution in [0.25, 0.3) is 11.1 Å². The number of amides is 3. The number of piperazine rings is 1. The van der Waals surface area contributed by atoms with E-state index >= 15 is 0 Å². The molecule has 1 aliphatic heterocycles. The molecule has 35 heavy (non-hydrogen) atoms. The molecule has 182 valence electrons. The van der Waals surface area contributed by atoms with Gasteiger partial charge in [-0.2, -0.15) is 0 Å². The van der Waals surface area contributed by atoms with Crippen LogP contribution in [0.3, 0.4) is 0 Å². The Morgan fingerprint density at radius 3 is 2.31 bits per heavy atom. The fraction of sp³-hybridized carbons (Fsp3) is 0.308. The minimum atomic E-state index is -1.23. The first-order chi connectivity index (χ1) is 16.8. The molecule has 1 saturated heterocycles. The maximum Gasteiger partial charge on any atom is 0.407 e. The normalized spacial score (nSPS) is 17.9. The molecule has 2 aromatic rings. The lowest BCUT2D eigenvalue weighted by atomic mass is 9.98. The van der Waals surface area contributed by atoms with Crippen LogP contribution in [0.4, 0.5) is 4.79 Å². The molecule has 0 aromatic heterocycles. The number of nitrogens with one attached hydrogen (secondary N) is 1. The zero-order valence-corrected chi connectivity index (χ0v) is 19.3. The minimum absolute atomic E-state index is 0.0515. The number of ether oxygens (including phenoxy) is 1. The van der Waals surface area contributed by atoms with E-state index < -0.39 is 30.1 Å². The minimum Gasteiger partial charge on any atom is -0.480 e. The summed E-state index contributed by atoms with van der Waals surface area (Å²) in [5.74, 6) is -2.42. The number of benzene rings is 2. The number of carboxylic acid groups (broad SMARTS) is 1. The Morgan fingerprint density at radius 2 is 1.74 bits per heavy atom. The molecule has 2 N–H and O–H groups in total. The first kappa shape index (κ1) is 24.0. The maximum absolute atomic E-state index is 13.2. The quantitative estimate of drug-likeness (QED) is 0.591. The van der Waals surface area contributed by atoms with Gasteiger partial charge in [0.1, 0.15) is 25.2 Å². The summed E-state index contributed by atoms with van der Waals surface area (Å²) >= 11 is 0. The SMILES string of the molecule is C=CCC(NC(=O)OCC1c2ccccc2-c2ccccc21)C(=O)N1CC(=O)N(C)CC1C(=O)O. The number of carbonyl (C=O) groups is 4. The van der Waals surface area contributed by atoms with Gasteiger partial charge in [-0.05, 0) is 28.7 Å². The van der Waals surface area contributed by atoms with Crippen molar-refractivity contribution in [2.45, 2.75) is 24.4 Å². The molecule has 2 unspecified atom stereocenters.